The van der Waals surface area contributed by atoms with Crippen LogP contribution < -0.4 is 10.1 Å². The van der Waals surface area contributed by atoms with E-state index in [-0.39, 0.29) is 0 Å². The summed E-state index contributed by atoms with van der Waals surface area (Å²) in [5, 5.41) is 3.00. The maximum atomic E-state index is 13.1. The predicted octanol–water partition coefficient (Wildman–Crippen LogP) is 5.16. The van der Waals surface area contributed by atoms with Crippen LogP contribution >= 0.6 is 0 Å². The third-order valence-corrected chi connectivity index (χ3v) is 3.53. The minimum atomic E-state index is -0.595. The quantitative estimate of drug-likeness (QED) is 0.676. The van der Waals surface area contributed by atoms with Crippen LogP contribution in [0.2, 0.25) is 0 Å². The summed E-state index contributed by atoms with van der Waals surface area (Å²) in [6, 6.07) is 20.9. The summed E-state index contributed by atoms with van der Waals surface area (Å²) in [4.78, 5) is 0. The lowest BCUT2D eigenvalue weighted by Gasteiger charge is -2.09. The largest absolute Gasteiger partial charge is 0.489 e. The van der Waals surface area contributed by atoms with Crippen LogP contribution in [0.4, 0.5) is 14.5 Å². The fourth-order valence-corrected chi connectivity index (χ4v) is 2.30. The van der Waals surface area contributed by atoms with Crippen molar-refractivity contribution in [3.05, 3.63) is 95.6 Å². The molecular formula is C20H17F2NO. The molecule has 1 N–H and O–H groups in total. The Kier molecular flexibility index (Phi) is 5.06. The second-order valence-electron chi connectivity index (χ2n) is 5.43. The molecule has 122 valence electrons. The van der Waals surface area contributed by atoms with E-state index in [0.29, 0.717) is 18.8 Å². The zero-order valence-corrected chi connectivity index (χ0v) is 13.0. The van der Waals surface area contributed by atoms with Gasteiger partial charge in [-0.05, 0) is 35.4 Å². The van der Waals surface area contributed by atoms with Gasteiger partial charge in [0.2, 0.25) is 0 Å². The molecule has 0 amide bonds. The van der Waals surface area contributed by atoms with Crippen molar-refractivity contribution in [1.82, 2.24) is 0 Å². The van der Waals surface area contributed by atoms with E-state index in [2.05, 4.69) is 5.32 Å². The summed E-state index contributed by atoms with van der Waals surface area (Å²) in [6.45, 7) is 0.989. The minimum absolute atomic E-state index is 0.414. The Labute approximate surface area is 139 Å². The van der Waals surface area contributed by atoms with Crippen molar-refractivity contribution < 1.29 is 13.5 Å². The molecule has 0 bridgehead atoms. The summed E-state index contributed by atoms with van der Waals surface area (Å²) in [6.07, 6.45) is 0. The lowest BCUT2D eigenvalue weighted by Crippen LogP contribution is -2.00. The number of halogens is 2. The highest BCUT2D eigenvalue weighted by atomic mass is 19.1. The van der Waals surface area contributed by atoms with Crippen LogP contribution in [0.3, 0.4) is 0 Å². The van der Waals surface area contributed by atoms with Gasteiger partial charge in [0.25, 0.3) is 0 Å². The van der Waals surface area contributed by atoms with Gasteiger partial charge in [0.05, 0.1) is 0 Å². The highest BCUT2D eigenvalue weighted by Crippen LogP contribution is 2.17. The predicted molar refractivity (Wildman–Crippen MR) is 90.9 cm³/mol. The summed E-state index contributed by atoms with van der Waals surface area (Å²) < 4.78 is 32.0. The van der Waals surface area contributed by atoms with Gasteiger partial charge in [-0.25, -0.2) is 8.78 Å². The molecule has 4 heteroatoms. The molecule has 0 heterocycles. The zero-order chi connectivity index (χ0) is 16.8. The molecule has 0 aliphatic rings. The van der Waals surface area contributed by atoms with E-state index >= 15 is 0 Å². The molecule has 0 spiro atoms. The molecule has 0 aliphatic carbocycles. The Morgan fingerprint density at radius 2 is 1.42 bits per heavy atom. The lowest BCUT2D eigenvalue weighted by atomic mass is 10.2. The van der Waals surface area contributed by atoms with Gasteiger partial charge in [-0.3, -0.25) is 0 Å². The van der Waals surface area contributed by atoms with Gasteiger partial charge in [-0.2, -0.15) is 0 Å². The summed E-state index contributed by atoms with van der Waals surface area (Å²) in [5.74, 6) is -0.413. The van der Waals surface area contributed by atoms with Crippen molar-refractivity contribution in [2.24, 2.45) is 0 Å². The van der Waals surface area contributed by atoms with Gasteiger partial charge in [0, 0.05) is 18.3 Å². The van der Waals surface area contributed by atoms with Gasteiger partial charge >= 0.3 is 0 Å². The smallest absolute Gasteiger partial charge is 0.128 e. The first kappa shape index (κ1) is 16.0. The van der Waals surface area contributed by atoms with Crippen molar-refractivity contribution in [3.63, 3.8) is 0 Å². The average molecular weight is 325 g/mol. The third-order valence-electron chi connectivity index (χ3n) is 3.53. The summed E-state index contributed by atoms with van der Waals surface area (Å²) >= 11 is 0. The SMILES string of the molecule is Fc1cc(F)cc(NCc2ccc(OCc3ccccc3)cc2)c1. The van der Waals surface area contributed by atoms with Crippen LogP contribution in [-0.2, 0) is 13.2 Å². The monoisotopic (exact) mass is 325 g/mol. The van der Waals surface area contributed by atoms with Crippen LogP contribution in [0.1, 0.15) is 11.1 Å². The van der Waals surface area contributed by atoms with Crippen molar-refractivity contribution in [2.45, 2.75) is 13.2 Å². The van der Waals surface area contributed by atoms with Gasteiger partial charge in [0.15, 0.2) is 0 Å². The topological polar surface area (TPSA) is 21.3 Å². The Morgan fingerprint density at radius 1 is 0.750 bits per heavy atom. The molecule has 2 nitrogen and oxygen atoms in total. The van der Waals surface area contributed by atoms with Gasteiger partial charge in [-0.15, -0.1) is 0 Å². The maximum Gasteiger partial charge on any atom is 0.128 e. The van der Waals surface area contributed by atoms with Crippen LogP contribution in [-0.4, -0.2) is 0 Å². The second-order valence-corrected chi connectivity index (χ2v) is 5.43. The molecule has 0 saturated carbocycles. The van der Waals surface area contributed by atoms with Gasteiger partial charge in [-0.1, -0.05) is 42.5 Å². The van der Waals surface area contributed by atoms with Crippen LogP contribution in [0, 0.1) is 11.6 Å². The third kappa shape index (κ3) is 4.56. The summed E-state index contributed by atoms with van der Waals surface area (Å²) in [7, 11) is 0. The first-order chi connectivity index (χ1) is 11.7. The normalized spacial score (nSPS) is 10.4. The molecule has 0 aromatic heterocycles. The Bertz CT molecular complexity index is 768. The number of rotatable bonds is 6. The number of nitrogens with one attached hydrogen (secondary N) is 1. The molecule has 3 aromatic carbocycles. The fraction of sp³-hybridized carbons (Fsp3) is 0.100. The average Bonchev–Trinajstić information content (AvgIpc) is 2.59. The molecule has 0 atom stereocenters. The first-order valence-corrected chi connectivity index (χ1v) is 7.65. The lowest BCUT2D eigenvalue weighted by molar-refractivity contribution is 0.306. The number of benzene rings is 3. The van der Waals surface area contributed by atoms with Crippen molar-refractivity contribution >= 4 is 5.69 Å². The van der Waals surface area contributed by atoms with Gasteiger partial charge < -0.3 is 10.1 Å². The molecule has 3 aromatic rings. The molecule has 0 fully saturated rings. The van der Waals surface area contributed by atoms with Crippen molar-refractivity contribution in [3.8, 4) is 5.75 Å². The van der Waals surface area contributed by atoms with E-state index in [4.69, 9.17) is 4.74 Å². The zero-order valence-electron chi connectivity index (χ0n) is 13.0. The van der Waals surface area contributed by atoms with Crippen LogP contribution in [0.5, 0.6) is 5.75 Å². The van der Waals surface area contributed by atoms with Crippen LogP contribution in [0.25, 0.3) is 0 Å². The van der Waals surface area contributed by atoms with Crippen molar-refractivity contribution in [2.75, 3.05) is 5.32 Å². The molecule has 3 rings (SSSR count). The molecule has 24 heavy (non-hydrogen) atoms. The van der Waals surface area contributed by atoms with E-state index in [9.17, 15) is 8.78 Å². The van der Waals surface area contributed by atoms with E-state index in [1.165, 1.54) is 12.1 Å². The number of ether oxygens (including phenoxy) is 1. The van der Waals surface area contributed by atoms with Crippen LogP contribution in [0.15, 0.2) is 72.8 Å². The number of hydrogen-bond donors (Lipinski definition) is 1. The molecule has 0 aliphatic heterocycles. The highest BCUT2D eigenvalue weighted by molar-refractivity contribution is 5.44. The van der Waals surface area contributed by atoms with Gasteiger partial charge in [0.1, 0.15) is 24.0 Å². The standard InChI is InChI=1S/C20H17F2NO/c21-17-10-18(22)12-19(11-17)23-13-15-6-8-20(9-7-15)24-14-16-4-2-1-3-5-16/h1-12,23H,13-14H2. The molecule has 0 radical (unpaired) electrons. The number of anilines is 1. The molecule has 0 unspecified atom stereocenters. The van der Waals surface area contributed by atoms with Crippen molar-refractivity contribution in [1.29, 1.82) is 0 Å². The molecule has 0 saturated heterocycles. The summed E-state index contributed by atoms with van der Waals surface area (Å²) in [5.41, 5.74) is 2.51. The van der Waals surface area contributed by atoms with E-state index in [1.54, 1.807) is 0 Å². The highest BCUT2D eigenvalue weighted by Gasteiger charge is 2.01. The maximum absolute atomic E-state index is 13.1. The van der Waals surface area contributed by atoms with E-state index in [1.807, 2.05) is 54.6 Å². The minimum Gasteiger partial charge on any atom is -0.489 e. The second kappa shape index (κ2) is 7.59. The fourth-order valence-electron chi connectivity index (χ4n) is 2.30. The number of hydrogen-bond acceptors (Lipinski definition) is 2. The van der Waals surface area contributed by atoms with E-state index in [0.717, 1.165) is 22.9 Å². The van der Waals surface area contributed by atoms with E-state index < -0.39 is 11.6 Å². The Balaban J connectivity index is 1.54. The Hall–Kier alpha value is -2.88. The Morgan fingerprint density at radius 3 is 2.08 bits per heavy atom. The molecular weight excluding hydrogens is 308 g/mol. The first-order valence-electron chi connectivity index (χ1n) is 7.65.